The van der Waals surface area contributed by atoms with Crippen LogP contribution in [0.1, 0.15) is 4.88 Å². The van der Waals surface area contributed by atoms with Gasteiger partial charge in [-0.25, -0.2) is 0 Å². The average Bonchev–Trinajstić information content (AvgIpc) is 2.96. The molecule has 3 heteroatoms. The normalized spacial score (nSPS) is 10.8. The van der Waals surface area contributed by atoms with Gasteiger partial charge < -0.3 is 0 Å². The number of thiophene rings is 3. The van der Waals surface area contributed by atoms with Gasteiger partial charge in [0.05, 0.1) is 4.88 Å². The molecule has 0 saturated heterocycles. The zero-order valence-electron chi connectivity index (χ0n) is 8.77. The molecule has 3 aromatic rings. The van der Waals surface area contributed by atoms with Crippen molar-refractivity contribution >= 4 is 34.0 Å². The molecule has 0 radical (unpaired) electrons. The quantitative estimate of drug-likeness (QED) is 0.571. The molecule has 80 valence electrons. The molecule has 3 aromatic heterocycles. The van der Waals surface area contributed by atoms with Gasteiger partial charge in [-0.2, -0.15) is 0 Å². The summed E-state index contributed by atoms with van der Waals surface area (Å²) in [5.41, 5.74) is 1.38. The highest BCUT2D eigenvalue weighted by molar-refractivity contribution is 7.22. The summed E-state index contributed by atoms with van der Waals surface area (Å²) in [5.74, 6) is 0. The number of rotatable bonds is 2. The molecule has 0 aliphatic heterocycles. The van der Waals surface area contributed by atoms with E-state index in [0.29, 0.717) is 0 Å². The van der Waals surface area contributed by atoms with Crippen molar-refractivity contribution in [2.45, 2.75) is 6.92 Å². The Balaban J connectivity index is 2.13. The smallest absolute Gasteiger partial charge is 0.0529 e. The highest BCUT2D eigenvalue weighted by atomic mass is 32.1. The van der Waals surface area contributed by atoms with E-state index in [0.717, 1.165) is 0 Å². The summed E-state index contributed by atoms with van der Waals surface area (Å²) in [4.78, 5) is 5.53. The zero-order chi connectivity index (χ0) is 11.0. The molecule has 0 spiro atoms. The minimum absolute atomic E-state index is 1.36. The third kappa shape index (κ3) is 1.75. The van der Waals surface area contributed by atoms with E-state index in [-0.39, 0.29) is 0 Å². The fourth-order valence-electron chi connectivity index (χ4n) is 1.68. The Morgan fingerprint density at radius 3 is 2.50 bits per heavy atom. The van der Waals surface area contributed by atoms with Crippen molar-refractivity contribution in [3.63, 3.8) is 0 Å². The number of hydrogen-bond donors (Lipinski definition) is 0. The van der Waals surface area contributed by atoms with Crippen molar-refractivity contribution in [3.05, 3.63) is 46.0 Å². The fourth-order valence-corrected chi connectivity index (χ4v) is 4.43. The maximum absolute atomic E-state index is 2.23. The Bertz CT molecular complexity index is 584. The summed E-state index contributed by atoms with van der Waals surface area (Å²) in [7, 11) is 0. The standard InChI is InChI=1S/C13H10S3/c1-9-4-5-12(16-9)13-10(6-8-15-13)11-3-2-7-14-11/h2-8H,1H3. The van der Waals surface area contributed by atoms with Gasteiger partial charge in [-0.15, -0.1) is 34.0 Å². The van der Waals surface area contributed by atoms with E-state index in [9.17, 15) is 0 Å². The molecule has 0 aliphatic rings. The van der Waals surface area contributed by atoms with Gasteiger partial charge in [0.1, 0.15) is 0 Å². The van der Waals surface area contributed by atoms with Crippen molar-refractivity contribution in [2.24, 2.45) is 0 Å². The molecule has 3 rings (SSSR count). The lowest BCUT2D eigenvalue weighted by atomic mass is 10.2. The Morgan fingerprint density at radius 2 is 1.81 bits per heavy atom. The van der Waals surface area contributed by atoms with E-state index in [1.165, 1.54) is 25.1 Å². The Kier molecular flexibility index (Phi) is 2.67. The minimum Gasteiger partial charge on any atom is -0.144 e. The summed E-state index contributed by atoms with van der Waals surface area (Å²) in [6.45, 7) is 2.16. The Hall–Kier alpha value is -0.900. The van der Waals surface area contributed by atoms with Crippen LogP contribution < -0.4 is 0 Å². The first-order chi connectivity index (χ1) is 7.84. The van der Waals surface area contributed by atoms with Crippen molar-refractivity contribution < 1.29 is 0 Å². The maximum Gasteiger partial charge on any atom is 0.0529 e. The van der Waals surface area contributed by atoms with Gasteiger partial charge in [0.25, 0.3) is 0 Å². The monoisotopic (exact) mass is 262 g/mol. The van der Waals surface area contributed by atoms with Crippen LogP contribution in [0.3, 0.4) is 0 Å². The first-order valence-electron chi connectivity index (χ1n) is 5.03. The molecule has 16 heavy (non-hydrogen) atoms. The first kappa shape index (κ1) is 10.3. The molecular weight excluding hydrogens is 252 g/mol. The highest BCUT2D eigenvalue weighted by Gasteiger charge is 2.10. The van der Waals surface area contributed by atoms with Gasteiger partial charge in [-0.1, -0.05) is 6.07 Å². The lowest BCUT2D eigenvalue weighted by molar-refractivity contribution is 1.64. The van der Waals surface area contributed by atoms with Crippen LogP contribution in [0, 0.1) is 6.92 Å². The predicted molar refractivity (Wildman–Crippen MR) is 75.7 cm³/mol. The first-order valence-corrected chi connectivity index (χ1v) is 7.60. The van der Waals surface area contributed by atoms with Crippen LogP contribution >= 0.6 is 34.0 Å². The van der Waals surface area contributed by atoms with E-state index in [1.54, 1.807) is 0 Å². The van der Waals surface area contributed by atoms with Gasteiger partial charge >= 0.3 is 0 Å². The predicted octanol–water partition coefficient (Wildman–Crippen LogP) is 5.51. The highest BCUT2D eigenvalue weighted by Crippen LogP contribution is 2.41. The Labute approximate surface area is 107 Å². The summed E-state index contributed by atoms with van der Waals surface area (Å²) >= 11 is 5.51. The lowest BCUT2D eigenvalue weighted by Gasteiger charge is -1.98. The molecule has 0 N–H and O–H groups in total. The SMILES string of the molecule is Cc1ccc(-c2sccc2-c2cccs2)s1. The second-order valence-electron chi connectivity index (χ2n) is 3.55. The van der Waals surface area contributed by atoms with Crippen LogP contribution in [0.5, 0.6) is 0 Å². The zero-order valence-corrected chi connectivity index (χ0v) is 11.2. The number of aryl methyl sites for hydroxylation is 1. The van der Waals surface area contributed by atoms with E-state index < -0.39 is 0 Å². The summed E-state index contributed by atoms with van der Waals surface area (Å²) in [5, 5.41) is 4.32. The van der Waals surface area contributed by atoms with Crippen LogP contribution in [-0.2, 0) is 0 Å². The third-order valence-corrected chi connectivity index (χ3v) is 5.41. The molecule has 0 saturated carbocycles. The van der Waals surface area contributed by atoms with Gasteiger partial charge in [0.15, 0.2) is 0 Å². The van der Waals surface area contributed by atoms with Gasteiger partial charge in [-0.05, 0) is 41.9 Å². The van der Waals surface area contributed by atoms with Crippen molar-refractivity contribution in [2.75, 3.05) is 0 Å². The molecular formula is C13H10S3. The largest absolute Gasteiger partial charge is 0.144 e. The van der Waals surface area contributed by atoms with E-state index in [2.05, 4.69) is 48.0 Å². The van der Waals surface area contributed by atoms with E-state index in [4.69, 9.17) is 0 Å². The second kappa shape index (κ2) is 4.17. The van der Waals surface area contributed by atoms with Crippen LogP contribution in [-0.4, -0.2) is 0 Å². The lowest BCUT2D eigenvalue weighted by Crippen LogP contribution is -1.69. The average molecular weight is 262 g/mol. The van der Waals surface area contributed by atoms with Crippen LogP contribution in [0.4, 0.5) is 0 Å². The third-order valence-electron chi connectivity index (χ3n) is 2.42. The van der Waals surface area contributed by atoms with Crippen molar-refractivity contribution in [3.8, 4) is 20.2 Å². The Morgan fingerprint density at radius 1 is 0.875 bits per heavy atom. The maximum atomic E-state index is 2.23. The topological polar surface area (TPSA) is 0 Å². The molecule has 0 atom stereocenters. The fraction of sp³-hybridized carbons (Fsp3) is 0.0769. The summed E-state index contributed by atoms with van der Waals surface area (Å²) < 4.78 is 0. The minimum atomic E-state index is 1.36. The van der Waals surface area contributed by atoms with Gasteiger partial charge in [0, 0.05) is 20.2 Å². The van der Waals surface area contributed by atoms with E-state index in [1.807, 2.05) is 34.0 Å². The molecule has 0 aromatic carbocycles. The van der Waals surface area contributed by atoms with Crippen LogP contribution in [0.15, 0.2) is 41.1 Å². The summed E-state index contributed by atoms with van der Waals surface area (Å²) in [6.07, 6.45) is 0. The molecule has 0 aliphatic carbocycles. The molecule has 0 fully saturated rings. The van der Waals surface area contributed by atoms with Crippen molar-refractivity contribution in [1.82, 2.24) is 0 Å². The molecule has 0 unspecified atom stereocenters. The van der Waals surface area contributed by atoms with E-state index >= 15 is 0 Å². The molecule has 0 amide bonds. The van der Waals surface area contributed by atoms with Gasteiger partial charge in [0.2, 0.25) is 0 Å². The summed E-state index contributed by atoms with van der Waals surface area (Å²) in [6, 6.07) is 10.9. The van der Waals surface area contributed by atoms with Crippen LogP contribution in [0.2, 0.25) is 0 Å². The van der Waals surface area contributed by atoms with Crippen molar-refractivity contribution in [1.29, 1.82) is 0 Å². The molecule has 3 heterocycles. The molecule has 0 bridgehead atoms. The number of hydrogen-bond acceptors (Lipinski definition) is 3. The van der Waals surface area contributed by atoms with Gasteiger partial charge in [-0.3, -0.25) is 0 Å². The second-order valence-corrected chi connectivity index (χ2v) is 6.70. The van der Waals surface area contributed by atoms with Crippen LogP contribution in [0.25, 0.3) is 20.2 Å². The molecule has 0 nitrogen and oxygen atoms in total.